The van der Waals surface area contributed by atoms with Gasteiger partial charge in [-0.05, 0) is 17.5 Å². The Labute approximate surface area is 143 Å². The van der Waals surface area contributed by atoms with Crippen LogP contribution in [-0.2, 0) is 10.4 Å². The molecule has 0 fully saturated rings. The van der Waals surface area contributed by atoms with Gasteiger partial charge in [-0.2, -0.15) is 5.10 Å². The normalized spacial score (nSPS) is 15.9. The second kappa shape index (κ2) is 6.11. The van der Waals surface area contributed by atoms with Crippen molar-refractivity contribution in [2.45, 2.75) is 32.4 Å². The van der Waals surface area contributed by atoms with E-state index < -0.39 is 23.0 Å². The van der Waals surface area contributed by atoms with Crippen LogP contribution in [0.25, 0.3) is 0 Å². The third-order valence-corrected chi connectivity index (χ3v) is 4.36. The van der Waals surface area contributed by atoms with E-state index in [4.69, 9.17) is 23.2 Å². The molecule has 6 nitrogen and oxygen atoms in total. The minimum Gasteiger partial charge on any atom is -0.480 e. The smallest absolute Gasteiger partial charge is 0.331 e. The Bertz CT molecular complexity index is 713. The van der Waals surface area contributed by atoms with Crippen molar-refractivity contribution in [1.82, 2.24) is 14.8 Å². The largest absolute Gasteiger partial charge is 0.480 e. The highest BCUT2D eigenvalue weighted by atomic mass is 35.5. The lowest BCUT2D eigenvalue weighted by Gasteiger charge is -2.44. The van der Waals surface area contributed by atoms with Crippen LogP contribution in [0.5, 0.6) is 0 Å². The number of benzene rings is 1. The van der Waals surface area contributed by atoms with E-state index in [1.807, 2.05) is 0 Å². The number of halogens is 2. The van der Waals surface area contributed by atoms with E-state index in [0.717, 1.165) is 4.68 Å². The number of aliphatic carboxylic acids is 1. The molecule has 0 aliphatic rings. The first-order chi connectivity index (χ1) is 10.6. The van der Waals surface area contributed by atoms with Crippen LogP contribution >= 0.6 is 23.2 Å². The molecule has 2 atom stereocenters. The van der Waals surface area contributed by atoms with Crippen molar-refractivity contribution in [3.05, 3.63) is 46.5 Å². The monoisotopic (exact) mass is 357 g/mol. The number of carboxylic acid groups (broad SMARTS) is 1. The van der Waals surface area contributed by atoms with Gasteiger partial charge in [-0.1, -0.05) is 50.0 Å². The summed E-state index contributed by atoms with van der Waals surface area (Å²) in [6.45, 7) is 5.18. The average molecular weight is 358 g/mol. The third-order valence-electron chi connectivity index (χ3n) is 3.82. The van der Waals surface area contributed by atoms with Gasteiger partial charge in [0.15, 0.2) is 6.04 Å². The minimum absolute atomic E-state index is 0.182. The van der Waals surface area contributed by atoms with Crippen molar-refractivity contribution in [3.8, 4) is 0 Å². The van der Waals surface area contributed by atoms with Gasteiger partial charge in [0.25, 0.3) is 0 Å². The number of carboxylic acids is 1. The highest BCUT2D eigenvalue weighted by molar-refractivity contribution is 6.35. The van der Waals surface area contributed by atoms with Gasteiger partial charge < -0.3 is 10.2 Å². The summed E-state index contributed by atoms with van der Waals surface area (Å²) < 4.78 is 1.11. The van der Waals surface area contributed by atoms with E-state index in [1.165, 1.54) is 24.8 Å². The molecule has 0 spiro atoms. The molecular formula is C15H17Cl2N3O3. The molecule has 2 unspecified atom stereocenters. The van der Waals surface area contributed by atoms with Crippen molar-refractivity contribution in [2.75, 3.05) is 0 Å². The molecule has 2 aromatic rings. The van der Waals surface area contributed by atoms with Crippen molar-refractivity contribution in [1.29, 1.82) is 0 Å². The lowest BCUT2D eigenvalue weighted by atomic mass is 9.68. The molecule has 2 rings (SSSR count). The van der Waals surface area contributed by atoms with Gasteiger partial charge in [-0.25, -0.2) is 14.5 Å². The van der Waals surface area contributed by atoms with Crippen molar-refractivity contribution < 1.29 is 15.0 Å². The molecule has 0 aliphatic heterocycles. The zero-order chi connectivity index (χ0) is 17.4. The molecule has 0 saturated heterocycles. The third kappa shape index (κ3) is 3.06. The van der Waals surface area contributed by atoms with Crippen molar-refractivity contribution in [2.24, 2.45) is 5.41 Å². The maximum absolute atomic E-state index is 11.9. The zero-order valence-corrected chi connectivity index (χ0v) is 14.4. The Balaban J connectivity index is 2.75. The van der Waals surface area contributed by atoms with Crippen LogP contribution in [0.1, 0.15) is 32.4 Å². The van der Waals surface area contributed by atoms with E-state index in [2.05, 4.69) is 10.1 Å². The van der Waals surface area contributed by atoms with Crippen molar-refractivity contribution in [3.63, 3.8) is 0 Å². The maximum Gasteiger partial charge on any atom is 0.331 e. The summed E-state index contributed by atoms with van der Waals surface area (Å²) in [6.07, 6.45) is 2.46. The first-order valence-corrected chi connectivity index (χ1v) is 7.59. The number of nitrogens with zero attached hydrogens (tertiary/aromatic N) is 3. The number of aliphatic hydroxyl groups is 1. The molecule has 0 saturated carbocycles. The summed E-state index contributed by atoms with van der Waals surface area (Å²) in [5.74, 6) is -1.25. The number of hydrogen-bond donors (Lipinski definition) is 2. The van der Waals surface area contributed by atoms with Crippen LogP contribution in [0.3, 0.4) is 0 Å². The summed E-state index contributed by atoms with van der Waals surface area (Å²) >= 11 is 12.2. The van der Waals surface area contributed by atoms with Crippen LogP contribution in [-0.4, -0.2) is 30.9 Å². The number of rotatable bonds is 4. The van der Waals surface area contributed by atoms with Gasteiger partial charge in [-0.15, -0.1) is 0 Å². The van der Waals surface area contributed by atoms with Crippen LogP contribution in [0.2, 0.25) is 10.0 Å². The molecule has 1 aromatic carbocycles. The fourth-order valence-corrected chi connectivity index (χ4v) is 3.15. The van der Waals surface area contributed by atoms with Gasteiger partial charge in [-0.3, -0.25) is 0 Å². The lowest BCUT2D eigenvalue weighted by molar-refractivity contribution is -0.165. The zero-order valence-electron chi connectivity index (χ0n) is 12.9. The number of aromatic nitrogens is 3. The minimum atomic E-state index is -1.85. The maximum atomic E-state index is 11.9. The average Bonchev–Trinajstić information content (AvgIpc) is 2.90. The van der Waals surface area contributed by atoms with Gasteiger partial charge >= 0.3 is 5.97 Å². The predicted molar refractivity (Wildman–Crippen MR) is 86.5 cm³/mol. The second-order valence-corrected chi connectivity index (χ2v) is 7.10. The Morgan fingerprint density at radius 3 is 2.39 bits per heavy atom. The summed E-state index contributed by atoms with van der Waals surface area (Å²) in [6, 6.07) is 3.14. The quantitative estimate of drug-likeness (QED) is 0.877. The van der Waals surface area contributed by atoms with E-state index >= 15 is 0 Å². The van der Waals surface area contributed by atoms with E-state index in [0.29, 0.717) is 5.02 Å². The highest BCUT2D eigenvalue weighted by Crippen LogP contribution is 2.49. The Hall–Kier alpha value is -1.63. The SMILES string of the molecule is CC(C)(C)C(O)(c1ccc(Cl)cc1Cl)C(C(=O)O)n1cncn1. The Morgan fingerprint density at radius 1 is 1.30 bits per heavy atom. The van der Waals surface area contributed by atoms with Gasteiger partial charge in [0.05, 0.1) is 0 Å². The Kier molecular flexibility index (Phi) is 4.71. The molecule has 8 heteroatoms. The lowest BCUT2D eigenvalue weighted by Crippen LogP contribution is -2.50. The summed E-state index contributed by atoms with van der Waals surface area (Å²) in [5, 5.41) is 25.7. The number of hydrogen-bond acceptors (Lipinski definition) is 4. The molecule has 0 aliphatic carbocycles. The van der Waals surface area contributed by atoms with Crippen LogP contribution in [0.4, 0.5) is 0 Å². The van der Waals surface area contributed by atoms with Gasteiger partial charge in [0, 0.05) is 15.6 Å². The molecule has 23 heavy (non-hydrogen) atoms. The van der Waals surface area contributed by atoms with Crippen molar-refractivity contribution >= 4 is 29.2 Å². The molecule has 0 bridgehead atoms. The standard InChI is InChI=1S/C15H17Cl2N3O3/c1-14(2,3)15(23,10-5-4-9(16)6-11(10)17)12(13(21)22)20-8-18-7-19-20/h4-8,12,23H,1-3H3,(H,21,22). The van der Waals surface area contributed by atoms with Crippen LogP contribution < -0.4 is 0 Å². The predicted octanol–water partition coefficient (Wildman–Crippen LogP) is 3.14. The number of carbonyl (C=O) groups is 1. The Morgan fingerprint density at radius 2 is 1.96 bits per heavy atom. The fourth-order valence-electron chi connectivity index (χ4n) is 2.59. The molecule has 1 heterocycles. The van der Waals surface area contributed by atoms with Crippen LogP contribution in [0, 0.1) is 5.41 Å². The van der Waals surface area contributed by atoms with E-state index in [-0.39, 0.29) is 10.6 Å². The topological polar surface area (TPSA) is 88.2 Å². The second-order valence-electron chi connectivity index (χ2n) is 6.26. The van der Waals surface area contributed by atoms with E-state index in [9.17, 15) is 15.0 Å². The molecule has 124 valence electrons. The van der Waals surface area contributed by atoms with Crippen LogP contribution in [0.15, 0.2) is 30.9 Å². The fraction of sp³-hybridized carbons (Fsp3) is 0.400. The summed E-state index contributed by atoms with van der Waals surface area (Å²) in [7, 11) is 0. The van der Waals surface area contributed by atoms with Gasteiger partial charge in [0.2, 0.25) is 0 Å². The molecular weight excluding hydrogens is 341 g/mol. The molecule has 1 aromatic heterocycles. The summed E-state index contributed by atoms with van der Waals surface area (Å²) in [4.78, 5) is 15.7. The highest BCUT2D eigenvalue weighted by Gasteiger charge is 2.54. The molecule has 0 radical (unpaired) electrons. The first-order valence-electron chi connectivity index (χ1n) is 6.84. The molecule has 0 amide bonds. The summed E-state index contributed by atoms with van der Waals surface area (Å²) in [5.41, 5.74) is -2.47. The molecule has 2 N–H and O–H groups in total. The van der Waals surface area contributed by atoms with Gasteiger partial charge in [0.1, 0.15) is 18.3 Å². The first kappa shape index (κ1) is 17.7. The van der Waals surface area contributed by atoms with E-state index in [1.54, 1.807) is 26.8 Å².